The fraction of sp³-hybridized carbons (Fsp3) is 0.467. The Balaban J connectivity index is 2.68. The summed E-state index contributed by atoms with van der Waals surface area (Å²) in [4.78, 5) is 4.34. The Morgan fingerprint density at radius 3 is 2.60 bits per heavy atom. The standard InChI is InChI=1S/C15H21N3O2/c1-5-10-6-7-11(9(2)3)13(14(10)19-4)15-17-12(8-16)20-18-15/h6-7,9H,5,8,16H2,1-4H3. The van der Waals surface area contributed by atoms with Gasteiger partial charge >= 0.3 is 0 Å². The molecule has 0 radical (unpaired) electrons. The van der Waals surface area contributed by atoms with Gasteiger partial charge in [-0.15, -0.1) is 0 Å². The molecule has 20 heavy (non-hydrogen) atoms. The van der Waals surface area contributed by atoms with Crippen molar-refractivity contribution in [1.82, 2.24) is 10.1 Å². The highest BCUT2D eigenvalue weighted by Gasteiger charge is 2.21. The second-order valence-electron chi connectivity index (χ2n) is 4.95. The summed E-state index contributed by atoms with van der Waals surface area (Å²) in [5.41, 5.74) is 8.72. The fourth-order valence-electron chi connectivity index (χ4n) is 2.30. The minimum atomic E-state index is 0.236. The number of nitrogens with zero attached hydrogens (tertiary/aromatic N) is 2. The largest absolute Gasteiger partial charge is 0.496 e. The third-order valence-corrected chi connectivity index (χ3v) is 3.34. The summed E-state index contributed by atoms with van der Waals surface area (Å²) < 4.78 is 10.7. The van der Waals surface area contributed by atoms with Crippen LogP contribution < -0.4 is 10.5 Å². The average molecular weight is 275 g/mol. The molecule has 0 unspecified atom stereocenters. The van der Waals surface area contributed by atoms with Crippen LogP contribution in [0.5, 0.6) is 5.75 Å². The molecule has 0 aliphatic rings. The lowest BCUT2D eigenvalue weighted by Gasteiger charge is -2.17. The first kappa shape index (κ1) is 14.5. The van der Waals surface area contributed by atoms with Crippen molar-refractivity contribution < 1.29 is 9.26 Å². The molecule has 0 saturated heterocycles. The average Bonchev–Trinajstić information content (AvgIpc) is 2.93. The van der Waals surface area contributed by atoms with Crippen molar-refractivity contribution in [2.45, 2.75) is 39.7 Å². The molecule has 0 amide bonds. The first-order chi connectivity index (χ1) is 9.62. The highest BCUT2D eigenvalue weighted by Crippen LogP contribution is 2.38. The maximum Gasteiger partial charge on any atom is 0.240 e. The van der Waals surface area contributed by atoms with Crippen LogP contribution in [0, 0.1) is 0 Å². The number of hydrogen-bond donors (Lipinski definition) is 1. The topological polar surface area (TPSA) is 74.2 Å². The number of benzene rings is 1. The number of rotatable bonds is 5. The summed E-state index contributed by atoms with van der Waals surface area (Å²) >= 11 is 0. The second kappa shape index (κ2) is 6.05. The Morgan fingerprint density at radius 2 is 2.10 bits per heavy atom. The fourth-order valence-corrected chi connectivity index (χ4v) is 2.30. The number of hydrogen-bond acceptors (Lipinski definition) is 5. The van der Waals surface area contributed by atoms with Crippen molar-refractivity contribution in [3.63, 3.8) is 0 Å². The van der Waals surface area contributed by atoms with Gasteiger partial charge in [0, 0.05) is 0 Å². The van der Waals surface area contributed by atoms with E-state index in [1.54, 1.807) is 7.11 Å². The van der Waals surface area contributed by atoms with Crippen LogP contribution in [0.25, 0.3) is 11.4 Å². The maximum atomic E-state index is 5.60. The third kappa shape index (κ3) is 2.54. The van der Waals surface area contributed by atoms with E-state index < -0.39 is 0 Å². The van der Waals surface area contributed by atoms with Gasteiger partial charge in [0.25, 0.3) is 0 Å². The van der Waals surface area contributed by atoms with Crippen molar-refractivity contribution in [2.24, 2.45) is 5.73 Å². The zero-order chi connectivity index (χ0) is 14.7. The van der Waals surface area contributed by atoms with E-state index in [-0.39, 0.29) is 6.54 Å². The van der Waals surface area contributed by atoms with Crippen LogP contribution in [-0.2, 0) is 13.0 Å². The molecular weight excluding hydrogens is 254 g/mol. The van der Waals surface area contributed by atoms with Gasteiger partial charge in [-0.05, 0) is 23.5 Å². The van der Waals surface area contributed by atoms with Gasteiger partial charge in [0.2, 0.25) is 11.7 Å². The molecule has 1 aromatic heterocycles. The zero-order valence-electron chi connectivity index (χ0n) is 12.4. The molecule has 0 atom stereocenters. The summed E-state index contributed by atoms with van der Waals surface area (Å²) in [5, 5.41) is 4.04. The molecule has 0 spiro atoms. The van der Waals surface area contributed by atoms with Gasteiger partial charge in [0.15, 0.2) is 0 Å². The molecule has 1 aromatic carbocycles. The highest BCUT2D eigenvalue weighted by atomic mass is 16.5. The number of ether oxygens (including phenoxy) is 1. The van der Waals surface area contributed by atoms with Crippen LogP contribution in [0.15, 0.2) is 16.7 Å². The molecule has 1 heterocycles. The molecule has 0 aliphatic heterocycles. The first-order valence-corrected chi connectivity index (χ1v) is 6.85. The molecule has 0 saturated carbocycles. The van der Waals surface area contributed by atoms with Gasteiger partial charge in [0.05, 0.1) is 19.2 Å². The van der Waals surface area contributed by atoms with Crippen LogP contribution in [-0.4, -0.2) is 17.3 Å². The van der Waals surface area contributed by atoms with E-state index >= 15 is 0 Å². The number of nitrogens with two attached hydrogens (primary N) is 1. The summed E-state index contributed by atoms with van der Waals surface area (Å²) in [6, 6.07) is 4.21. The Labute approximate surface area is 119 Å². The Kier molecular flexibility index (Phi) is 4.39. The summed E-state index contributed by atoms with van der Waals surface area (Å²) in [6.45, 7) is 6.60. The van der Waals surface area contributed by atoms with Gasteiger partial charge in [0.1, 0.15) is 5.75 Å². The van der Waals surface area contributed by atoms with Crippen molar-refractivity contribution in [3.8, 4) is 17.1 Å². The quantitative estimate of drug-likeness (QED) is 0.908. The minimum absolute atomic E-state index is 0.236. The molecule has 5 heteroatoms. The predicted molar refractivity (Wildman–Crippen MR) is 77.6 cm³/mol. The van der Waals surface area contributed by atoms with Gasteiger partial charge in [-0.1, -0.05) is 38.1 Å². The van der Waals surface area contributed by atoms with Gasteiger partial charge in [-0.3, -0.25) is 0 Å². The van der Waals surface area contributed by atoms with Gasteiger partial charge in [-0.25, -0.2) is 0 Å². The Bertz CT molecular complexity index is 591. The molecule has 0 fully saturated rings. The van der Waals surface area contributed by atoms with E-state index in [1.165, 1.54) is 0 Å². The second-order valence-corrected chi connectivity index (χ2v) is 4.95. The SMILES string of the molecule is CCc1ccc(C(C)C)c(-c2noc(CN)n2)c1OC. The van der Waals surface area contributed by atoms with Crippen molar-refractivity contribution in [3.05, 3.63) is 29.2 Å². The van der Waals surface area contributed by atoms with Crippen molar-refractivity contribution in [1.29, 1.82) is 0 Å². The lowest BCUT2D eigenvalue weighted by molar-refractivity contribution is 0.379. The minimum Gasteiger partial charge on any atom is -0.496 e. The normalized spacial score (nSPS) is 11.1. The number of aromatic nitrogens is 2. The van der Waals surface area contributed by atoms with E-state index in [1.807, 2.05) is 0 Å². The van der Waals surface area contributed by atoms with Gasteiger partial charge in [-0.2, -0.15) is 4.98 Å². The van der Waals surface area contributed by atoms with Gasteiger partial charge < -0.3 is 15.0 Å². The molecule has 108 valence electrons. The lowest BCUT2D eigenvalue weighted by Crippen LogP contribution is -2.01. The molecule has 2 N–H and O–H groups in total. The van der Waals surface area contributed by atoms with E-state index in [0.717, 1.165) is 28.9 Å². The summed E-state index contributed by atoms with van der Waals surface area (Å²) in [7, 11) is 1.67. The molecule has 0 bridgehead atoms. The summed E-state index contributed by atoms with van der Waals surface area (Å²) in [6.07, 6.45) is 0.885. The highest BCUT2D eigenvalue weighted by molar-refractivity contribution is 5.71. The molecule has 5 nitrogen and oxygen atoms in total. The Hall–Kier alpha value is -1.88. The van der Waals surface area contributed by atoms with Crippen LogP contribution in [0.3, 0.4) is 0 Å². The smallest absolute Gasteiger partial charge is 0.240 e. The van der Waals surface area contributed by atoms with Crippen LogP contribution >= 0.6 is 0 Å². The summed E-state index contributed by atoms with van der Waals surface area (Å²) in [5.74, 6) is 2.13. The first-order valence-electron chi connectivity index (χ1n) is 6.85. The van der Waals surface area contributed by atoms with E-state index in [2.05, 4.69) is 43.0 Å². The lowest BCUT2D eigenvalue weighted by atomic mass is 9.93. The monoisotopic (exact) mass is 275 g/mol. The van der Waals surface area contributed by atoms with Crippen LogP contribution in [0.1, 0.15) is 43.7 Å². The van der Waals surface area contributed by atoms with E-state index in [4.69, 9.17) is 15.0 Å². The Morgan fingerprint density at radius 1 is 1.35 bits per heavy atom. The molecular formula is C15H21N3O2. The van der Waals surface area contributed by atoms with Crippen molar-refractivity contribution >= 4 is 0 Å². The van der Waals surface area contributed by atoms with E-state index in [0.29, 0.717) is 17.6 Å². The number of aryl methyl sites for hydroxylation is 1. The molecule has 2 rings (SSSR count). The molecule has 2 aromatic rings. The van der Waals surface area contributed by atoms with Crippen LogP contribution in [0.2, 0.25) is 0 Å². The molecule has 0 aliphatic carbocycles. The van der Waals surface area contributed by atoms with Crippen LogP contribution in [0.4, 0.5) is 0 Å². The third-order valence-electron chi connectivity index (χ3n) is 3.34. The zero-order valence-corrected chi connectivity index (χ0v) is 12.4. The van der Waals surface area contributed by atoms with E-state index in [9.17, 15) is 0 Å². The van der Waals surface area contributed by atoms with Crippen molar-refractivity contribution in [2.75, 3.05) is 7.11 Å². The predicted octanol–water partition coefficient (Wildman–Crippen LogP) is 2.89. The number of methoxy groups -OCH3 is 1. The maximum absolute atomic E-state index is 5.60.